The van der Waals surface area contributed by atoms with Gasteiger partial charge in [0.15, 0.2) is 0 Å². The second-order valence-electron chi connectivity index (χ2n) is 6.41. The van der Waals surface area contributed by atoms with Crippen LogP contribution >= 0.6 is 0 Å². The zero-order chi connectivity index (χ0) is 19.2. The van der Waals surface area contributed by atoms with Gasteiger partial charge in [0.2, 0.25) is 11.9 Å². The average molecular weight is 375 g/mol. The molecule has 1 heterocycles. The molecule has 26 heavy (non-hydrogen) atoms. The van der Waals surface area contributed by atoms with E-state index >= 15 is 0 Å². The molecule has 3 rings (SSSR count). The standard InChI is InChI=1S/C16H18F5N5/c17-15(18,16(19,20)21)10-6-2-3-7-11(10)26-13(23)24-12(22)25-14(26)8-4-1-5-9-14/h2-3,6-7H,1,4-5,8-9H2,(H4,22,23,24,25). The van der Waals surface area contributed by atoms with Crippen LogP contribution in [0.15, 0.2) is 34.3 Å². The van der Waals surface area contributed by atoms with Crippen molar-refractivity contribution in [3.63, 3.8) is 0 Å². The average Bonchev–Trinajstić information content (AvgIpc) is 2.54. The van der Waals surface area contributed by atoms with Gasteiger partial charge in [-0.1, -0.05) is 24.6 Å². The number of aliphatic imine (C=N–C) groups is 2. The van der Waals surface area contributed by atoms with E-state index in [0.717, 1.165) is 31.4 Å². The molecule has 0 saturated heterocycles. The minimum atomic E-state index is -5.74. The van der Waals surface area contributed by atoms with Gasteiger partial charge in [0, 0.05) is 0 Å². The SMILES string of the molecule is NC1=NC2(CCCCC2)N(c2ccccc2C(F)(F)C(F)(F)F)C(N)=N1. The van der Waals surface area contributed by atoms with Crippen molar-refractivity contribution >= 4 is 17.6 Å². The summed E-state index contributed by atoms with van der Waals surface area (Å²) < 4.78 is 67.2. The lowest BCUT2D eigenvalue weighted by atomic mass is 9.86. The predicted molar refractivity (Wildman–Crippen MR) is 87.9 cm³/mol. The molecule has 2 aliphatic rings. The number of hydrogen-bond donors (Lipinski definition) is 2. The fourth-order valence-electron chi connectivity index (χ4n) is 3.56. The molecule has 0 radical (unpaired) electrons. The highest BCUT2D eigenvalue weighted by Gasteiger charge is 2.60. The van der Waals surface area contributed by atoms with Crippen molar-refractivity contribution < 1.29 is 22.0 Å². The Bertz CT molecular complexity index is 750. The van der Waals surface area contributed by atoms with E-state index in [2.05, 4.69) is 9.98 Å². The van der Waals surface area contributed by atoms with Crippen molar-refractivity contribution in [2.45, 2.75) is 49.9 Å². The Morgan fingerprint density at radius 3 is 2.19 bits per heavy atom. The van der Waals surface area contributed by atoms with Gasteiger partial charge in [-0.2, -0.15) is 26.9 Å². The van der Waals surface area contributed by atoms with Gasteiger partial charge in [0.05, 0.1) is 11.3 Å². The highest BCUT2D eigenvalue weighted by molar-refractivity contribution is 6.06. The summed E-state index contributed by atoms with van der Waals surface area (Å²) in [6.07, 6.45) is -2.54. The minimum Gasteiger partial charge on any atom is -0.369 e. The van der Waals surface area contributed by atoms with Crippen LogP contribution in [0.4, 0.5) is 27.6 Å². The van der Waals surface area contributed by atoms with Crippen LogP contribution in [0.5, 0.6) is 0 Å². The minimum absolute atomic E-state index is 0.110. The summed E-state index contributed by atoms with van der Waals surface area (Å²) in [7, 11) is 0. The van der Waals surface area contributed by atoms with Gasteiger partial charge in [-0.05, 0) is 31.7 Å². The molecule has 4 N–H and O–H groups in total. The maximum Gasteiger partial charge on any atom is 0.458 e. The second-order valence-corrected chi connectivity index (χ2v) is 6.41. The van der Waals surface area contributed by atoms with E-state index in [9.17, 15) is 22.0 Å². The van der Waals surface area contributed by atoms with Gasteiger partial charge in [-0.25, -0.2) is 4.99 Å². The summed E-state index contributed by atoms with van der Waals surface area (Å²) in [4.78, 5) is 9.27. The maximum atomic E-state index is 14.1. The van der Waals surface area contributed by atoms with E-state index in [1.807, 2.05) is 0 Å². The molecule has 0 bridgehead atoms. The van der Waals surface area contributed by atoms with E-state index < -0.39 is 23.3 Å². The number of para-hydroxylation sites is 1. The quantitative estimate of drug-likeness (QED) is 0.777. The highest BCUT2D eigenvalue weighted by Crippen LogP contribution is 2.49. The molecule has 1 saturated carbocycles. The zero-order valence-corrected chi connectivity index (χ0v) is 13.7. The molecule has 1 spiro atoms. The molecule has 142 valence electrons. The molecule has 0 aromatic heterocycles. The maximum absolute atomic E-state index is 14.1. The lowest BCUT2D eigenvalue weighted by Crippen LogP contribution is -2.59. The number of anilines is 1. The van der Waals surface area contributed by atoms with Crippen LogP contribution < -0.4 is 16.4 Å². The second kappa shape index (κ2) is 6.10. The summed E-state index contributed by atoms with van der Waals surface area (Å²) in [5, 5.41) is 0. The lowest BCUT2D eigenvalue weighted by Gasteiger charge is -2.46. The van der Waals surface area contributed by atoms with Crippen LogP contribution in [0, 0.1) is 0 Å². The number of alkyl halides is 5. The Morgan fingerprint density at radius 1 is 0.962 bits per heavy atom. The first-order chi connectivity index (χ1) is 12.1. The summed E-state index contributed by atoms with van der Waals surface area (Å²) >= 11 is 0. The number of guanidine groups is 2. The van der Waals surface area contributed by atoms with E-state index in [4.69, 9.17) is 11.5 Å². The molecule has 10 heteroatoms. The largest absolute Gasteiger partial charge is 0.458 e. The Labute approximate surface area is 146 Å². The van der Waals surface area contributed by atoms with Crippen molar-refractivity contribution in [3.05, 3.63) is 29.8 Å². The first kappa shape index (κ1) is 18.4. The van der Waals surface area contributed by atoms with Crippen LogP contribution in [0.1, 0.15) is 37.7 Å². The van der Waals surface area contributed by atoms with Gasteiger partial charge >= 0.3 is 12.1 Å². The highest BCUT2D eigenvalue weighted by atomic mass is 19.4. The Balaban J connectivity index is 2.18. The molecule has 1 aromatic carbocycles. The van der Waals surface area contributed by atoms with Gasteiger partial charge in [0.1, 0.15) is 5.66 Å². The predicted octanol–water partition coefficient (Wildman–Crippen LogP) is 3.45. The first-order valence-electron chi connectivity index (χ1n) is 8.12. The van der Waals surface area contributed by atoms with Gasteiger partial charge in [-0.15, -0.1) is 0 Å². The summed E-state index contributed by atoms with van der Waals surface area (Å²) in [5.74, 6) is -5.41. The van der Waals surface area contributed by atoms with Crippen molar-refractivity contribution in [1.82, 2.24) is 0 Å². The molecule has 1 aliphatic carbocycles. The fourth-order valence-corrected chi connectivity index (χ4v) is 3.56. The third-order valence-electron chi connectivity index (χ3n) is 4.69. The van der Waals surface area contributed by atoms with Gasteiger partial charge < -0.3 is 11.5 Å². The monoisotopic (exact) mass is 375 g/mol. The molecular formula is C16H18F5N5. The van der Waals surface area contributed by atoms with Crippen molar-refractivity contribution in [2.75, 3.05) is 4.90 Å². The fraction of sp³-hybridized carbons (Fsp3) is 0.500. The Hall–Kier alpha value is -2.39. The topological polar surface area (TPSA) is 80.0 Å². The number of nitrogens with zero attached hydrogens (tertiary/aromatic N) is 3. The summed E-state index contributed by atoms with van der Waals surface area (Å²) in [5.41, 5.74) is 8.95. The Morgan fingerprint density at radius 2 is 1.58 bits per heavy atom. The molecular weight excluding hydrogens is 357 g/mol. The third kappa shape index (κ3) is 2.86. The third-order valence-corrected chi connectivity index (χ3v) is 4.69. The molecule has 1 aliphatic heterocycles. The normalized spacial score (nSPS) is 20.7. The Kier molecular flexibility index (Phi) is 4.32. The van der Waals surface area contributed by atoms with E-state index in [-0.39, 0.29) is 17.6 Å². The van der Waals surface area contributed by atoms with E-state index in [1.54, 1.807) is 0 Å². The van der Waals surface area contributed by atoms with E-state index in [0.29, 0.717) is 12.8 Å². The summed E-state index contributed by atoms with van der Waals surface area (Å²) in [6.45, 7) is 0. The number of hydrogen-bond acceptors (Lipinski definition) is 5. The first-order valence-corrected chi connectivity index (χ1v) is 8.12. The van der Waals surface area contributed by atoms with Crippen LogP contribution in [0.2, 0.25) is 0 Å². The van der Waals surface area contributed by atoms with Crippen LogP contribution in [0.25, 0.3) is 0 Å². The smallest absolute Gasteiger partial charge is 0.369 e. The molecule has 1 fully saturated rings. The molecule has 0 unspecified atom stereocenters. The van der Waals surface area contributed by atoms with Crippen LogP contribution in [-0.4, -0.2) is 23.8 Å². The van der Waals surface area contributed by atoms with E-state index in [1.165, 1.54) is 17.0 Å². The van der Waals surface area contributed by atoms with Crippen LogP contribution in [0.3, 0.4) is 0 Å². The summed E-state index contributed by atoms with van der Waals surface area (Å²) in [6, 6.07) is 4.41. The van der Waals surface area contributed by atoms with Crippen molar-refractivity contribution in [2.24, 2.45) is 21.5 Å². The van der Waals surface area contributed by atoms with Gasteiger partial charge in [0.25, 0.3) is 0 Å². The number of rotatable bonds is 2. The van der Waals surface area contributed by atoms with Crippen molar-refractivity contribution in [3.8, 4) is 0 Å². The number of nitrogens with two attached hydrogens (primary N) is 2. The zero-order valence-electron chi connectivity index (χ0n) is 13.7. The van der Waals surface area contributed by atoms with Crippen LogP contribution in [-0.2, 0) is 5.92 Å². The number of benzene rings is 1. The molecule has 0 amide bonds. The van der Waals surface area contributed by atoms with Gasteiger partial charge in [-0.3, -0.25) is 4.90 Å². The molecule has 0 atom stereocenters. The molecule has 1 aromatic rings. The number of halogens is 5. The molecule has 5 nitrogen and oxygen atoms in total. The van der Waals surface area contributed by atoms with Crippen molar-refractivity contribution in [1.29, 1.82) is 0 Å². The lowest BCUT2D eigenvalue weighted by molar-refractivity contribution is -0.289.